The van der Waals surface area contributed by atoms with Crippen LogP contribution in [0.3, 0.4) is 0 Å². The van der Waals surface area contributed by atoms with Crippen molar-refractivity contribution in [3.8, 4) is 0 Å². The van der Waals surface area contributed by atoms with E-state index in [1.807, 2.05) is 26.0 Å². The number of nitrogens with one attached hydrogen (secondary N) is 2. The van der Waals surface area contributed by atoms with Crippen LogP contribution in [0.2, 0.25) is 0 Å². The van der Waals surface area contributed by atoms with Gasteiger partial charge in [0.1, 0.15) is 5.82 Å². The molecule has 4 N–H and O–H groups in total. The molecule has 20 heavy (non-hydrogen) atoms. The number of pyridine rings is 1. The number of nitrogen functional groups attached to an aromatic ring is 1. The number of nitrogens with zero attached hydrogens (tertiary/aromatic N) is 1. The number of rotatable bonds is 3. The fourth-order valence-electron chi connectivity index (χ4n) is 1.85. The largest absolute Gasteiger partial charge is 0.324 e. The van der Waals surface area contributed by atoms with Crippen LogP contribution in [-0.4, -0.2) is 10.9 Å². The summed E-state index contributed by atoms with van der Waals surface area (Å²) >= 11 is 3.34. The first-order chi connectivity index (χ1) is 9.51. The van der Waals surface area contributed by atoms with Gasteiger partial charge in [-0.2, -0.15) is 0 Å². The maximum Gasteiger partial charge on any atom is 0.257 e. The van der Waals surface area contributed by atoms with Gasteiger partial charge in [0.2, 0.25) is 0 Å². The highest BCUT2D eigenvalue weighted by atomic mass is 79.9. The number of carbonyl (C=O) groups excluding carboxylic acids is 1. The lowest BCUT2D eigenvalue weighted by Gasteiger charge is -2.10. The van der Waals surface area contributed by atoms with E-state index in [1.165, 1.54) is 0 Å². The second-order valence-corrected chi connectivity index (χ2v) is 5.36. The summed E-state index contributed by atoms with van der Waals surface area (Å²) < 4.78 is 0.877. The van der Waals surface area contributed by atoms with Crippen molar-refractivity contribution in [1.82, 2.24) is 4.98 Å². The van der Waals surface area contributed by atoms with E-state index in [0.29, 0.717) is 11.4 Å². The van der Waals surface area contributed by atoms with Gasteiger partial charge in [-0.15, -0.1) is 0 Å². The summed E-state index contributed by atoms with van der Waals surface area (Å²) in [4.78, 5) is 16.5. The normalized spacial score (nSPS) is 10.2. The summed E-state index contributed by atoms with van der Waals surface area (Å²) in [5.41, 5.74) is 5.64. The summed E-state index contributed by atoms with van der Waals surface area (Å²) in [5.74, 6) is 5.70. The van der Waals surface area contributed by atoms with Crippen LogP contribution in [0.1, 0.15) is 21.5 Å². The first-order valence-corrected chi connectivity index (χ1v) is 6.81. The Hall–Kier alpha value is -1.92. The Morgan fingerprint density at radius 2 is 2.00 bits per heavy atom. The number of amides is 1. The molecule has 0 unspecified atom stereocenters. The second-order valence-electron chi connectivity index (χ2n) is 4.45. The Labute approximate surface area is 125 Å². The molecule has 6 heteroatoms. The van der Waals surface area contributed by atoms with Gasteiger partial charge >= 0.3 is 0 Å². The van der Waals surface area contributed by atoms with E-state index in [-0.39, 0.29) is 5.91 Å². The lowest BCUT2D eigenvalue weighted by atomic mass is 10.1. The topological polar surface area (TPSA) is 80.0 Å². The maximum absolute atomic E-state index is 12.3. The van der Waals surface area contributed by atoms with Crippen molar-refractivity contribution in [3.63, 3.8) is 0 Å². The van der Waals surface area contributed by atoms with Crippen molar-refractivity contribution in [2.24, 2.45) is 5.84 Å². The molecule has 2 aromatic rings. The van der Waals surface area contributed by atoms with Gasteiger partial charge in [0, 0.05) is 21.9 Å². The molecular weight excluding hydrogens is 320 g/mol. The highest BCUT2D eigenvalue weighted by Crippen LogP contribution is 2.19. The molecule has 1 aromatic carbocycles. The molecule has 1 aromatic heterocycles. The first-order valence-electron chi connectivity index (χ1n) is 6.02. The molecular formula is C14H15BrN4O. The smallest absolute Gasteiger partial charge is 0.257 e. The summed E-state index contributed by atoms with van der Waals surface area (Å²) in [6, 6.07) is 7.20. The molecule has 104 valence electrons. The molecule has 0 fully saturated rings. The van der Waals surface area contributed by atoms with Gasteiger partial charge in [0.25, 0.3) is 5.91 Å². The Bertz CT molecular complexity index is 658. The Morgan fingerprint density at radius 3 is 2.60 bits per heavy atom. The Balaban J connectivity index is 2.24. The minimum absolute atomic E-state index is 0.191. The SMILES string of the molecule is Cc1cc(NN)ccc1C(=O)Nc1ncc(Br)cc1C. The highest BCUT2D eigenvalue weighted by molar-refractivity contribution is 9.10. The van der Waals surface area contributed by atoms with Gasteiger partial charge in [0.15, 0.2) is 0 Å². The predicted molar refractivity (Wildman–Crippen MR) is 83.6 cm³/mol. The van der Waals surface area contributed by atoms with Crippen molar-refractivity contribution in [1.29, 1.82) is 0 Å². The number of hydrogen-bond donors (Lipinski definition) is 3. The van der Waals surface area contributed by atoms with Crippen LogP contribution in [0.25, 0.3) is 0 Å². The number of carbonyl (C=O) groups is 1. The number of nitrogens with two attached hydrogens (primary N) is 1. The quantitative estimate of drug-likeness (QED) is 0.595. The highest BCUT2D eigenvalue weighted by Gasteiger charge is 2.11. The molecule has 0 aliphatic rings. The van der Waals surface area contributed by atoms with Crippen LogP contribution in [0.15, 0.2) is 34.9 Å². The molecule has 0 saturated heterocycles. The van der Waals surface area contributed by atoms with Crippen LogP contribution in [0.4, 0.5) is 11.5 Å². The number of anilines is 2. The van der Waals surface area contributed by atoms with Gasteiger partial charge in [-0.05, 0) is 65.2 Å². The summed E-state index contributed by atoms with van der Waals surface area (Å²) in [6.45, 7) is 3.75. The lowest BCUT2D eigenvalue weighted by molar-refractivity contribution is 0.102. The van der Waals surface area contributed by atoms with E-state index in [9.17, 15) is 4.79 Å². The van der Waals surface area contributed by atoms with E-state index in [2.05, 4.69) is 31.7 Å². The summed E-state index contributed by atoms with van der Waals surface area (Å²) in [5, 5.41) is 2.81. The molecule has 0 aliphatic heterocycles. The molecule has 0 radical (unpaired) electrons. The summed E-state index contributed by atoms with van der Waals surface area (Å²) in [6.07, 6.45) is 1.65. The molecule has 0 atom stereocenters. The number of hydrazine groups is 1. The van der Waals surface area contributed by atoms with Crippen LogP contribution < -0.4 is 16.6 Å². The number of halogens is 1. The van der Waals surface area contributed by atoms with Crippen molar-refractivity contribution in [2.75, 3.05) is 10.7 Å². The Kier molecular flexibility index (Phi) is 4.36. The molecule has 0 bridgehead atoms. The lowest BCUT2D eigenvalue weighted by Crippen LogP contribution is -2.16. The molecule has 0 aliphatic carbocycles. The molecule has 2 rings (SSSR count). The number of aryl methyl sites for hydroxylation is 2. The van der Waals surface area contributed by atoms with Crippen molar-refractivity contribution in [3.05, 3.63) is 51.6 Å². The Morgan fingerprint density at radius 1 is 1.25 bits per heavy atom. The van der Waals surface area contributed by atoms with Crippen molar-refractivity contribution in [2.45, 2.75) is 13.8 Å². The van der Waals surface area contributed by atoms with Crippen LogP contribution >= 0.6 is 15.9 Å². The zero-order valence-electron chi connectivity index (χ0n) is 11.2. The van der Waals surface area contributed by atoms with Gasteiger partial charge in [-0.25, -0.2) is 4.98 Å². The number of benzene rings is 1. The van der Waals surface area contributed by atoms with Gasteiger partial charge in [-0.3, -0.25) is 10.6 Å². The third-order valence-electron chi connectivity index (χ3n) is 2.91. The van der Waals surface area contributed by atoms with Crippen molar-refractivity contribution < 1.29 is 4.79 Å². The van der Waals surface area contributed by atoms with E-state index in [4.69, 9.17) is 5.84 Å². The van der Waals surface area contributed by atoms with E-state index >= 15 is 0 Å². The van der Waals surface area contributed by atoms with Crippen LogP contribution in [0, 0.1) is 13.8 Å². The minimum Gasteiger partial charge on any atom is -0.324 e. The monoisotopic (exact) mass is 334 g/mol. The van der Waals surface area contributed by atoms with Gasteiger partial charge in [-0.1, -0.05) is 0 Å². The zero-order valence-corrected chi connectivity index (χ0v) is 12.8. The fraction of sp³-hybridized carbons (Fsp3) is 0.143. The third kappa shape index (κ3) is 3.15. The average molecular weight is 335 g/mol. The third-order valence-corrected chi connectivity index (χ3v) is 3.35. The molecule has 0 saturated carbocycles. The molecule has 5 nitrogen and oxygen atoms in total. The average Bonchev–Trinajstić information content (AvgIpc) is 2.41. The zero-order chi connectivity index (χ0) is 14.7. The van der Waals surface area contributed by atoms with Crippen molar-refractivity contribution >= 4 is 33.3 Å². The van der Waals surface area contributed by atoms with Gasteiger partial charge in [0.05, 0.1) is 0 Å². The standard InChI is InChI=1S/C14H15BrN4O/c1-8-6-11(19-16)3-4-12(8)14(20)18-13-9(2)5-10(15)7-17-13/h3-7,19H,16H2,1-2H3,(H,17,18,20). The maximum atomic E-state index is 12.3. The number of hydrogen-bond acceptors (Lipinski definition) is 4. The number of aromatic nitrogens is 1. The van der Waals surface area contributed by atoms with E-state index in [1.54, 1.807) is 18.3 Å². The fourth-order valence-corrected chi connectivity index (χ4v) is 2.30. The van der Waals surface area contributed by atoms with E-state index in [0.717, 1.165) is 21.3 Å². The van der Waals surface area contributed by atoms with Crippen LogP contribution in [-0.2, 0) is 0 Å². The van der Waals surface area contributed by atoms with E-state index < -0.39 is 0 Å². The summed E-state index contributed by atoms with van der Waals surface area (Å²) in [7, 11) is 0. The van der Waals surface area contributed by atoms with Gasteiger partial charge < -0.3 is 10.7 Å². The first kappa shape index (κ1) is 14.5. The minimum atomic E-state index is -0.191. The second kappa shape index (κ2) is 6.02. The predicted octanol–water partition coefficient (Wildman–Crippen LogP) is 3.00. The molecule has 1 amide bonds. The van der Waals surface area contributed by atoms with Crippen LogP contribution in [0.5, 0.6) is 0 Å². The molecule has 1 heterocycles. The molecule has 0 spiro atoms.